The number of alkyl halides is 9. The van der Waals surface area contributed by atoms with Crippen LogP contribution in [-0.4, -0.2) is 23.9 Å². The van der Waals surface area contributed by atoms with Crippen LogP contribution in [0.2, 0.25) is 0 Å². The van der Waals surface area contributed by atoms with Gasteiger partial charge in [0.25, 0.3) is 0 Å². The monoisotopic (exact) mass is 527 g/mol. The normalized spacial score (nSPS) is 18.5. The molecule has 0 saturated carbocycles. The molecular weight excluding hydrogens is 517 g/mol. The molecule has 19 heavy (non-hydrogen) atoms. The van der Waals surface area contributed by atoms with Gasteiger partial charge < -0.3 is 0 Å². The average molecular weight is 527 g/mol. The van der Waals surface area contributed by atoms with Crippen LogP contribution in [0.5, 0.6) is 0 Å². The van der Waals surface area contributed by atoms with E-state index in [9.17, 15) is 39.5 Å². The Kier molecular flexibility index (Phi) is 7.38. The molecule has 0 N–H and O–H groups in total. The molecule has 0 aromatic carbocycles. The van der Waals surface area contributed by atoms with Crippen molar-refractivity contribution in [3.05, 3.63) is 6.92 Å². The maximum atomic E-state index is 13.1. The van der Waals surface area contributed by atoms with Gasteiger partial charge in [-0.15, -0.1) is 0 Å². The molecule has 0 aromatic heterocycles. The zero-order chi connectivity index (χ0) is 15.0. The average Bonchev–Trinajstić information content (AvgIpc) is 1.95. The van der Waals surface area contributed by atoms with Gasteiger partial charge in [0.2, 0.25) is 5.67 Å². The van der Waals surface area contributed by atoms with E-state index in [1.54, 1.807) is 0 Å². The minimum Gasteiger partial charge on any atom is -0.274 e. The molecule has 0 fully saturated rings. The van der Waals surface area contributed by atoms with E-state index < -0.39 is 42.7 Å². The number of hydrogen-bond acceptors (Lipinski definition) is 0. The van der Waals surface area contributed by atoms with Crippen molar-refractivity contribution in [2.24, 2.45) is 5.92 Å². The summed E-state index contributed by atoms with van der Waals surface area (Å²) in [5.41, 5.74) is -4.20. The van der Waals surface area contributed by atoms with Gasteiger partial charge in [0.05, 0.1) is 5.92 Å². The summed E-state index contributed by atoms with van der Waals surface area (Å²) in [7, 11) is 0. The van der Waals surface area contributed by atoms with Crippen LogP contribution in [0.15, 0.2) is 0 Å². The van der Waals surface area contributed by atoms with Crippen LogP contribution >= 0.6 is 0 Å². The molecule has 0 amide bonds. The van der Waals surface area contributed by atoms with E-state index >= 15 is 0 Å². The summed E-state index contributed by atoms with van der Waals surface area (Å²) in [6.45, 7) is 1.96. The minimum atomic E-state index is -5.56. The molecule has 0 saturated heterocycles. The predicted molar refractivity (Wildman–Crippen MR) is 44.7 cm³/mol. The first-order chi connectivity index (χ1) is 7.56. The fraction of sp³-hybridized carbons (Fsp3) is 0.889. The Hall–Kier alpha value is 0.422. The molecular formula is C9H10F9U-. The Bertz CT molecular complexity index is 273. The van der Waals surface area contributed by atoms with Crippen molar-refractivity contribution in [1.82, 2.24) is 0 Å². The first-order valence-corrected chi connectivity index (χ1v) is 4.62. The van der Waals surface area contributed by atoms with Crippen molar-refractivity contribution in [3.8, 4) is 0 Å². The van der Waals surface area contributed by atoms with Crippen LogP contribution in [0.1, 0.15) is 19.8 Å². The second-order valence-corrected chi connectivity index (χ2v) is 4.20. The van der Waals surface area contributed by atoms with Crippen LogP contribution in [0.25, 0.3) is 0 Å². The summed E-state index contributed by atoms with van der Waals surface area (Å²) < 4.78 is 111. The van der Waals surface area contributed by atoms with E-state index in [0.29, 0.717) is 0 Å². The van der Waals surface area contributed by atoms with Crippen molar-refractivity contribution in [2.45, 2.75) is 43.7 Å². The molecule has 2 unspecified atom stereocenters. The number of rotatable bonds is 4. The molecule has 10 heteroatoms. The fourth-order valence-electron chi connectivity index (χ4n) is 1.24. The second kappa shape index (κ2) is 6.46. The van der Waals surface area contributed by atoms with Crippen LogP contribution in [-0.2, 0) is 0 Å². The van der Waals surface area contributed by atoms with E-state index in [4.69, 9.17) is 0 Å². The Labute approximate surface area is 127 Å². The van der Waals surface area contributed by atoms with Gasteiger partial charge in [-0.25, -0.2) is 13.2 Å². The summed E-state index contributed by atoms with van der Waals surface area (Å²) in [5, 5.41) is 0. The van der Waals surface area contributed by atoms with E-state index in [2.05, 4.69) is 6.92 Å². The molecule has 0 aliphatic heterocycles. The quantitative estimate of drug-likeness (QED) is 0.368. The molecule has 0 aliphatic rings. The predicted octanol–water partition coefficient (Wildman–Crippen LogP) is 4.70. The van der Waals surface area contributed by atoms with Gasteiger partial charge in [-0.3, -0.25) is 6.92 Å². The summed E-state index contributed by atoms with van der Waals surface area (Å²) in [6.07, 6.45) is -15.0. The summed E-state index contributed by atoms with van der Waals surface area (Å²) in [6, 6.07) is 0. The smallest absolute Gasteiger partial charge is 0.274 e. The number of hydrogen-bond donors (Lipinski definition) is 0. The zero-order valence-electron chi connectivity index (χ0n) is 9.60. The van der Waals surface area contributed by atoms with E-state index in [-0.39, 0.29) is 38.0 Å². The van der Waals surface area contributed by atoms with Gasteiger partial charge in [-0.2, -0.15) is 26.3 Å². The van der Waals surface area contributed by atoms with Crippen LogP contribution in [0.4, 0.5) is 39.5 Å². The summed E-state index contributed by atoms with van der Waals surface area (Å²) in [5.74, 6) is -7.20. The molecule has 0 spiro atoms. The molecule has 0 nitrogen and oxygen atoms in total. The maximum Gasteiger partial charge on any atom is 0.422 e. The second-order valence-electron chi connectivity index (χ2n) is 4.20. The summed E-state index contributed by atoms with van der Waals surface area (Å²) in [4.78, 5) is 0. The number of halogens is 9. The SMILES string of the molecule is [CH2-]C(F)(F)CC(CC(C)(F)C(F)(F)F)C(F)(F)F.[U]. The standard InChI is InChI=1S/C9H10F9.U/c1-6(10,9(16,17)18)3-5(8(13,14)15)4-7(2,11)12;/h5H,2-4H2,1H3;/q-1;. The molecule has 2 atom stereocenters. The van der Waals surface area contributed by atoms with E-state index in [1.807, 2.05) is 0 Å². The van der Waals surface area contributed by atoms with E-state index in [1.165, 1.54) is 0 Å². The molecule has 0 bridgehead atoms. The van der Waals surface area contributed by atoms with Crippen LogP contribution < -0.4 is 0 Å². The Morgan fingerprint density at radius 1 is 0.842 bits per heavy atom. The summed E-state index contributed by atoms with van der Waals surface area (Å²) >= 11 is 0. The molecule has 0 rings (SSSR count). The third kappa shape index (κ3) is 7.69. The first kappa shape index (κ1) is 21.7. The van der Waals surface area contributed by atoms with Gasteiger partial charge in [-0.05, 0) is 13.3 Å². The molecule has 114 valence electrons. The van der Waals surface area contributed by atoms with Crippen LogP contribution in [0.3, 0.4) is 0 Å². The molecule has 0 aromatic rings. The van der Waals surface area contributed by atoms with Crippen molar-refractivity contribution in [3.63, 3.8) is 0 Å². The van der Waals surface area contributed by atoms with Crippen LogP contribution in [0, 0.1) is 44.0 Å². The third-order valence-corrected chi connectivity index (χ3v) is 2.23. The van der Waals surface area contributed by atoms with Crippen molar-refractivity contribution in [1.29, 1.82) is 0 Å². The largest absolute Gasteiger partial charge is 0.422 e. The van der Waals surface area contributed by atoms with Gasteiger partial charge in [-0.1, -0.05) is 0 Å². The third-order valence-electron chi connectivity index (χ3n) is 2.23. The Morgan fingerprint density at radius 2 is 1.21 bits per heavy atom. The van der Waals surface area contributed by atoms with Gasteiger partial charge >= 0.3 is 12.4 Å². The molecule has 0 heterocycles. The first-order valence-electron chi connectivity index (χ1n) is 4.62. The molecule has 0 radical (unpaired) electrons. The van der Waals surface area contributed by atoms with Gasteiger partial charge in [0, 0.05) is 37.5 Å². The Balaban J connectivity index is 0. The van der Waals surface area contributed by atoms with Gasteiger partial charge in [0.1, 0.15) is 5.92 Å². The molecule has 0 aliphatic carbocycles. The Morgan fingerprint density at radius 3 is 1.42 bits per heavy atom. The fourth-order valence-corrected chi connectivity index (χ4v) is 1.24. The van der Waals surface area contributed by atoms with Crippen molar-refractivity contribution >= 4 is 0 Å². The minimum absolute atomic E-state index is 0. The van der Waals surface area contributed by atoms with Crippen molar-refractivity contribution < 1.29 is 70.6 Å². The maximum absolute atomic E-state index is 13.1. The topological polar surface area (TPSA) is 0 Å². The van der Waals surface area contributed by atoms with Crippen molar-refractivity contribution in [2.75, 3.05) is 0 Å². The zero-order valence-corrected chi connectivity index (χ0v) is 13.8. The van der Waals surface area contributed by atoms with E-state index in [0.717, 1.165) is 0 Å². The van der Waals surface area contributed by atoms with Gasteiger partial charge in [0.15, 0.2) is 0 Å².